The van der Waals surface area contributed by atoms with Crippen LogP contribution < -0.4 is 4.80 Å². The fraction of sp³-hybridized carbons (Fsp3) is 0.333. The molecule has 0 radical (unpaired) electrons. The lowest BCUT2D eigenvalue weighted by atomic mass is 9.85. The molecule has 6 nitrogen and oxygen atoms in total. The highest BCUT2D eigenvalue weighted by molar-refractivity contribution is 7.16. The number of nitro benzene ring substituents is 1. The molecule has 1 saturated carbocycles. The lowest BCUT2D eigenvalue weighted by Gasteiger charge is -2.20. The lowest BCUT2D eigenvalue weighted by Crippen LogP contribution is -2.24. The summed E-state index contributed by atoms with van der Waals surface area (Å²) in [5.74, 6) is 2.42. The summed E-state index contributed by atoms with van der Waals surface area (Å²) in [6, 6.07) is 4.56. The second-order valence-corrected chi connectivity index (χ2v) is 6.17. The van der Waals surface area contributed by atoms with Gasteiger partial charge in [0.2, 0.25) is 0 Å². The summed E-state index contributed by atoms with van der Waals surface area (Å²) in [5.41, 5.74) is 0.771. The highest BCUT2D eigenvalue weighted by atomic mass is 32.1. The van der Waals surface area contributed by atoms with Crippen LogP contribution in [0, 0.1) is 28.4 Å². The number of benzene rings is 1. The van der Waals surface area contributed by atoms with Crippen molar-refractivity contribution in [3.63, 3.8) is 0 Å². The van der Waals surface area contributed by atoms with E-state index in [1.165, 1.54) is 23.5 Å². The monoisotopic (exact) mass is 315 g/mol. The van der Waals surface area contributed by atoms with E-state index in [-0.39, 0.29) is 24.1 Å². The van der Waals surface area contributed by atoms with Crippen LogP contribution >= 0.6 is 11.3 Å². The Morgan fingerprint density at radius 3 is 2.91 bits per heavy atom. The van der Waals surface area contributed by atoms with E-state index in [9.17, 15) is 14.9 Å². The van der Waals surface area contributed by atoms with Gasteiger partial charge < -0.3 is 4.57 Å². The number of hydrogen-bond donors (Lipinski definition) is 0. The zero-order valence-corrected chi connectivity index (χ0v) is 12.5. The summed E-state index contributed by atoms with van der Waals surface area (Å²) in [7, 11) is 0. The fourth-order valence-electron chi connectivity index (χ4n) is 2.35. The van der Waals surface area contributed by atoms with Crippen LogP contribution in [0.1, 0.15) is 19.3 Å². The Hall–Kier alpha value is -2.46. The number of nitrogens with zero attached hydrogens (tertiary/aromatic N) is 3. The smallest absolute Gasteiger partial charge is 0.270 e. The highest BCUT2D eigenvalue weighted by Gasteiger charge is 2.25. The van der Waals surface area contributed by atoms with Gasteiger partial charge in [0.1, 0.15) is 0 Å². The Balaban J connectivity index is 2.13. The van der Waals surface area contributed by atoms with Crippen molar-refractivity contribution in [2.75, 3.05) is 0 Å². The standard InChI is InChI=1S/C15H13N3O3S/c1-2-8-17-12-7-6-11(18(20)21)9-13(12)22-15(17)16-14(19)10-4-3-5-10/h1,6-7,9-10H,3-5,8H2. The first-order chi connectivity index (χ1) is 10.6. The molecule has 2 aromatic rings. The van der Waals surface area contributed by atoms with Crippen molar-refractivity contribution < 1.29 is 9.72 Å². The molecular formula is C15H13N3O3S. The molecule has 1 amide bonds. The maximum Gasteiger partial charge on any atom is 0.270 e. The van der Waals surface area contributed by atoms with Gasteiger partial charge in [-0.3, -0.25) is 14.9 Å². The summed E-state index contributed by atoms with van der Waals surface area (Å²) in [6.45, 7) is 0.272. The molecule has 0 aliphatic heterocycles. The zero-order valence-electron chi connectivity index (χ0n) is 11.7. The van der Waals surface area contributed by atoms with Gasteiger partial charge >= 0.3 is 0 Å². The minimum atomic E-state index is -0.443. The Bertz CT molecular complexity index is 868. The molecular weight excluding hydrogens is 302 g/mol. The maximum atomic E-state index is 12.1. The average Bonchev–Trinajstić information content (AvgIpc) is 2.74. The zero-order chi connectivity index (χ0) is 15.7. The third kappa shape index (κ3) is 2.53. The number of rotatable bonds is 3. The molecule has 0 spiro atoms. The van der Waals surface area contributed by atoms with Crippen LogP contribution in [-0.2, 0) is 11.3 Å². The topological polar surface area (TPSA) is 77.5 Å². The Labute approximate surface area is 130 Å². The number of non-ortho nitro benzene ring substituents is 1. The first-order valence-corrected chi connectivity index (χ1v) is 7.71. The largest absolute Gasteiger partial charge is 0.305 e. The normalized spacial score (nSPS) is 15.5. The van der Waals surface area contributed by atoms with Crippen LogP contribution in [0.5, 0.6) is 0 Å². The van der Waals surface area contributed by atoms with Crippen molar-refractivity contribution in [1.29, 1.82) is 0 Å². The Kier molecular flexibility index (Phi) is 3.77. The molecule has 0 atom stereocenters. The van der Waals surface area contributed by atoms with Crippen molar-refractivity contribution in [2.45, 2.75) is 25.8 Å². The van der Waals surface area contributed by atoms with Gasteiger partial charge in [-0.15, -0.1) is 6.42 Å². The molecule has 0 bridgehead atoms. The average molecular weight is 315 g/mol. The molecule has 7 heteroatoms. The minimum absolute atomic E-state index is 0.0125. The predicted octanol–water partition coefficient (Wildman–Crippen LogP) is 2.47. The van der Waals surface area contributed by atoms with Gasteiger partial charge in [0.15, 0.2) is 4.80 Å². The lowest BCUT2D eigenvalue weighted by molar-refractivity contribution is -0.384. The quantitative estimate of drug-likeness (QED) is 0.496. The SMILES string of the molecule is C#CCn1c(=NC(=O)C2CCC2)sc2cc([N+](=O)[O-])ccc21. The number of hydrogen-bond acceptors (Lipinski definition) is 4. The van der Waals surface area contributed by atoms with E-state index in [1.54, 1.807) is 10.6 Å². The van der Waals surface area contributed by atoms with E-state index >= 15 is 0 Å². The van der Waals surface area contributed by atoms with Gasteiger partial charge in [-0.2, -0.15) is 4.99 Å². The van der Waals surface area contributed by atoms with E-state index in [0.29, 0.717) is 9.50 Å². The third-order valence-electron chi connectivity index (χ3n) is 3.79. The summed E-state index contributed by atoms with van der Waals surface area (Å²) in [5, 5.41) is 10.9. The second kappa shape index (κ2) is 5.73. The molecule has 0 N–H and O–H groups in total. The highest BCUT2D eigenvalue weighted by Crippen LogP contribution is 2.28. The molecule has 1 aromatic heterocycles. The van der Waals surface area contributed by atoms with Crippen molar-refractivity contribution >= 4 is 33.1 Å². The molecule has 1 fully saturated rings. The third-order valence-corrected chi connectivity index (χ3v) is 4.83. The van der Waals surface area contributed by atoms with Crippen LogP contribution in [-0.4, -0.2) is 15.4 Å². The molecule has 112 valence electrons. The van der Waals surface area contributed by atoms with Crippen molar-refractivity contribution in [3.8, 4) is 12.3 Å². The van der Waals surface area contributed by atoms with Gasteiger partial charge in [0.25, 0.3) is 11.6 Å². The number of nitro groups is 1. The number of carbonyl (C=O) groups excluding carboxylic acids is 1. The molecule has 22 heavy (non-hydrogen) atoms. The summed E-state index contributed by atoms with van der Waals surface area (Å²) in [4.78, 5) is 27.2. The number of fused-ring (bicyclic) bond motifs is 1. The van der Waals surface area contributed by atoms with Gasteiger partial charge in [-0.1, -0.05) is 23.7 Å². The number of terminal acetylenes is 1. The van der Waals surface area contributed by atoms with E-state index < -0.39 is 4.92 Å². The molecule has 3 rings (SSSR count). The fourth-order valence-corrected chi connectivity index (χ4v) is 3.41. The van der Waals surface area contributed by atoms with E-state index in [4.69, 9.17) is 6.42 Å². The second-order valence-electron chi connectivity index (χ2n) is 5.16. The van der Waals surface area contributed by atoms with Gasteiger partial charge in [-0.25, -0.2) is 0 Å². The number of thiazole rings is 1. The molecule has 1 aromatic carbocycles. The van der Waals surface area contributed by atoms with Gasteiger partial charge in [-0.05, 0) is 18.9 Å². The van der Waals surface area contributed by atoms with Crippen molar-refractivity contribution in [1.82, 2.24) is 4.57 Å². The summed E-state index contributed by atoms with van der Waals surface area (Å²) in [6.07, 6.45) is 8.21. The molecule has 1 aliphatic carbocycles. The number of amides is 1. The minimum Gasteiger partial charge on any atom is -0.305 e. The predicted molar refractivity (Wildman–Crippen MR) is 83.2 cm³/mol. The molecule has 1 aliphatic rings. The first kappa shape index (κ1) is 14.5. The van der Waals surface area contributed by atoms with E-state index in [0.717, 1.165) is 24.8 Å². The van der Waals surface area contributed by atoms with Crippen LogP contribution in [0.3, 0.4) is 0 Å². The molecule has 0 saturated heterocycles. The Morgan fingerprint density at radius 1 is 1.55 bits per heavy atom. The number of carbonyl (C=O) groups is 1. The van der Waals surface area contributed by atoms with E-state index in [1.807, 2.05) is 0 Å². The van der Waals surface area contributed by atoms with Crippen molar-refractivity contribution in [2.24, 2.45) is 10.9 Å². The van der Waals surface area contributed by atoms with Crippen LogP contribution in [0.4, 0.5) is 5.69 Å². The van der Waals surface area contributed by atoms with Gasteiger partial charge in [0, 0.05) is 18.1 Å². The number of aromatic nitrogens is 1. The van der Waals surface area contributed by atoms with Gasteiger partial charge in [0.05, 0.1) is 21.7 Å². The van der Waals surface area contributed by atoms with Crippen molar-refractivity contribution in [3.05, 3.63) is 33.1 Å². The molecule has 0 unspecified atom stereocenters. The van der Waals surface area contributed by atoms with Crippen LogP contribution in [0.15, 0.2) is 23.2 Å². The summed E-state index contributed by atoms with van der Waals surface area (Å²) < 4.78 is 2.45. The maximum absolute atomic E-state index is 12.1. The molecule has 1 heterocycles. The first-order valence-electron chi connectivity index (χ1n) is 6.90. The van der Waals surface area contributed by atoms with Crippen LogP contribution in [0.2, 0.25) is 0 Å². The van der Waals surface area contributed by atoms with E-state index in [2.05, 4.69) is 10.9 Å². The van der Waals surface area contributed by atoms with Crippen LogP contribution in [0.25, 0.3) is 10.2 Å². The summed E-state index contributed by atoms with van der Waals surface area (Å²) >= 11 is 1.25. The Morgan fingerprint density at radius 2 is 2.32 bits per heavy atom.